The molecule has 0 unspecified atom stereocenters. The number of hydrogen-bond donors (Lipinski definition) is 1. The lowest BCUT2D eigenvalue weighted by Crippen LogP contribution is -2.30. The summed E-state index contributed by atoms with van der Waals surface area (Å²) in [6.07, 6.45) is 2.70. The van der Waals surface area contributed by atoms with Crippen molar-refractivity contribution >= 4 is 35.3 Å². The molecule has 3 rings (SSSR count). The second-order valence-electron chi connectivity index (χ2n) is 6.01. The molecule has 1 saturated heterocycles. The van der Waals surface area contributed by atoms with E-state index in [2.05, 4.69) is 12.2 Å². The summed E-state index contributed by atoms with van der Waals surface area (Å²) in [4.78, 5) is 25.9. The number of urea groups is 1. The fourth-order valence-electron chi connectivity index (χ4n) is 2.51. The number of carbonyl (C=O) groups is 2. The first-order valence-electron chi connectivity index (χ1n) is 8.37. The van der Waals surface area contributed by atoms with Crippen LogP contribution in [0, 0.1) is 0 Å². The highest BCUT2D eigenvalue weighted by atomic mass is 35.5. The van der Waals surface area contributed by atoms with E-state index in [0.29, 0.717) is 10.7 Å². The van der Waals surface area contributed by atoms with Crippen molar-refractivity contribution in [3.63, 3.8) is 0 Å². The molecule has 6 heteroatoms. The number of rotatable bonds is 5. The molecule has 3 amide bonds. The predicted molar refractivity (Wildman–Crippen MR) is 102 cm³/mol. The second kappa shape index (κ2) is 7.62. The molecular weight excluding hydrogens is 352 g/mol. The molecule has 1 N–H and O–H groups in total. The Morgan fingerprint density at radius 3 is 2.58 bits per heavy atom. The van der Waals surface area contributed by atoms with Crippen LogP contribution in [-0.2, 0) is 4.79 Å². The summed E-state index contributed by atoms with van der Waals surface area (Å²) in [7, 11) is 0. The van der Waals surface area contributed by atoms with Gasteiger partial charge in [-0.05, 0) is 55.3 Å². The molecule has 0 aromatic heterocycles. The number of carbonyl (C=O) groups excluding carboxylic acids is 2. The summed E-state index contributed by atoms with van der Waals surface area (Å²) in [5.41, 5.74) is 1.43. The molecule has 0 radical (unpaired) electrons. The zero-order valence-electron chi connectivity index (χ0n) is 14.5. The Balaban J connectivity index is 1.79. The summed E-state index contributed by atoms with van der Waals surface area (Å²) < 4.78 is 5.73. The van der Waals surface area contributed by atoms with E-state index >= 15 is 0 Å². The van der Waals surface area contributed by atoms with Gasteiger partial charge in [-0.1, -0.05) is 36.7 Å². The Morgan fingerprint density at radius 1 is 1.19 bits per heavy atom. The largest absolute Gasteiger partial charge is 0.491 e. The van der Waals surface area contributed by atoms with Crippen LogP contribution >= 0.6 is 11.6 Å². The third-order valence-electron chi connectivity index (χ3n) is 4.05. The Morgan fingerprint density at radius 2 is 1.92 bits per heavy atom. The summed E-state index contributed by atoms with van der Waals surface area (Å²) in [6, 6.07) is 13.5. The lowest BCUT2D eigenvalue weighted by atomic mass is 10.1. The van der Waals surface area contributed by atoms with E-state index < -0.39 is 11.9 Å². The van der Waals surface area contributed by atoms with Gasteiger partial charge < -0.3 is 10.1 Å². The van der Waals surface area contributed by atoms with Gasteiger partial charge in [-0.3, -0.25) is 4.79 Å². The van der Waals surface area contributed by atoms with Crippen molar-refractivity contribution < 1.29 is 14.3 Å². The van der Waals surface area contributed by atoms with E-state index in [9.17, 15) is 9.59 Å². The fourth-order valence-corrected chi connectivity index (χ4v) is 2.69. The Kier molecular flexibility index (Phi) is 5.28. The predicted octanol–water partition coefficient (Wildman–Crippen LogP) is 4.61. The summed E-state index contributed by atoms with van der Waals surface area (Å²) >= 11 is 5.95. The van der Waals surface area contributed by atoms with Crippen molar-refractivity contribution in [3.05, 3.63) is 64.8 Å². The molecule has 134 valence electrons. The van der Waals surface area contributed by atoms with Gasteiger partial charge in [-0.2, -0.15) is 0 Å². The lowest BCUT2D eigenvalue weighted by molar-refractivity contribution is -0.113. The maximum absolute atomic E-state index is 12.6. The first-order chi connectivity index (χ1) is 12.5. The van der Waals surface area contributed by atoms with Crippen LogP contribution in [0.25, 0.3) is 6.08 Å². The van der Waals surface area contributed by atoms with Crippen molar-refractivity contribution in [1.29, 1.82) is 0 Å². The maximum atomic E-state index is 12.6. The van der Waals surface area contributed by atoms with Crippen molar-refractivity contribution in [1.82, 2.24) is 5.32 Å². The number of nitrogens with zero attached hydrogens (tertiary/aromatic N) is 1. The number of amides is 3. The van der Waals surface area contributed by atoms with Gasteiger partial charge in [-0.15, -0.1) is 0 Å². The van der Waals surface area contributed by atoms with Crippen LogP contribution in [0.4, 0.5) is 10.5 Å². The van der Waals surface area contributed by atoms with Gasteiger partial charge in [-0.25, -0.2) is 9.69 Å². The molecule has 0 spiro atoms. The number of halogens is 1. The molecule has 1 aliphatic rings. The molecule has 0 bridgehead atoms. The summed E-state index contributed by atoms with van der Waals surface area (Å²) in [6.45, 7) is 4.07. The quantitative estimate of drug-likeness (QED) is 0.617. The Labute approximate surface area is 157 Å². The van der Waals surface area contributed by atoms with E-state index in [1.165, 1.54) is 0 Å². The average molecular weight is 371 g/mol. The normalized spacial score (nSPS) is 16.7. The molecule has 5 nitrogen and oxygen atoms in total. The first kappa shape index (κ1) is 18.0. The van der Waals surface area contributed by atoms with Crippen LogP contribution in [0.5, 0.6) is 5.75 Å². The van der Waals surface area contributed by atoms with Crippen molar-refractivity contribution in [2.75, 3.05) is 4.90 Å². The molecule has 2 aromatic carbocycles. The third kappa shape index (κ3) is 3.89. The molecule has 1 heterocycles. The Hall–Kier alpha value is -2.79. The molecule has 1 aliphatic heterocycles. The number of hydrogen-bond acceptors (Lipinski definition) is 3. The number of nitrogens with one attached hydrogen (secondary N) is 1. The van der Waals surface area contributed by atoms with Crippen molar-refractivity contribution in [3.8, 4) is 5.75 Å². The fraction of sp³-hybridized carbons (Fsp3) is 0.200. The molecule has 1 fully saturated rings. The number of imide groups is 1. The highest BCUT2D eigenvalue weighted by molar-refractivity contribution is 6.32. The van der Waals surface area contributed by atoms with E-state index in [0.717, 1.165) is 22.6 Å². The zero-order valence-corrected chi connectivity index (χ0v) is 15.3. The van der Waals surface area contributed by atoms with Crippen LogP contribution in [-0.4, -0.2) is 18.0 Å². The monoisotopic (exact) mass is 370 g/mol. The average Bonchev–Trinajstić information content (AvgIpc) is 2.90. The van der Waals surface area contributed by atoms with Crippen LogP contribution in [0.3, 0.4) is 0 Å². The van der Waals surface area contributed by atoms with E-state index in [-0.39, 0.29) is 11.8 Å². The van der Waals surface area contributed by atoms with Gasteiger partial charge in [0.2, 0.25) is 0 Å². The minimum absolute atomic E-state index is 0.140. The van der Waals surface area contributed by atoms with E-state index in [4.69, 9.17) is 16.3 Å². The first-order valence-corrected chi connectivity index (χ1v) is 8.75. The molecule has 0 saturated carbocycles. The molecule has 2 aromatic rings. The number of benzene rings is 2. The Bertz CT molecular complexity index is 862. The SMILES string of the molecule is CC[C@@H](C)Oc1ccc(/C=C2/NC(=O)N(c3cccc(Cl)c3)C2=O)cc1. The molecule has 26 heavy (non-hydrogen) atoms. The highest BCUT2D eigenvalue weighted by Gasteiger charge is 2.34. The number of ether oxygens (including phenoxy) is 1. The van der Waals surface area contributed by atoms with Gasteiger partial charge in [0.15, 0.2) is 0 Å². The standard InChI is InChI=1S/C20H19ClN2O3/c1-3-13(2)26-17-9-7-14(8-10-17)11-18-19(24)23(20(25)22-18)16-6-4-5-15(21)12-16/h4-13H,3H2,1-2H3,(H,22,25)/b18-11+/t13-/m1/s1. The number of anilines is 1. The summed E-state index contributed by atoms with van der Waals surface area (Å²) in [5, 5.41) is 3.06. The smallest absolute Gasteiger partial charge is 0.333 e. The maximum Gasteiger partial charge on any atom is 0.333 e. The van der Waals surface area contributed by atoms with Gasteiger partial charge in [0.25, 0.3) is 5.91 Å². The lowest BCUT2D eigenvalue weighted by Gasteiger charge is -2.12. The minimum atomic E-state index is -0.500. The minimum Gasteiger partial charge on any atom is -0.491 e. The van der Waals surface area contributed by atoms with Gasteiger partial charge in [0.05, 0.1) is 11.8 Å². The van der Waals surface area contributed by atoms with Crippen molar-refractivity contribution in [2.24, 2.45) is 0 Å². The van der Waals surface area contributed by atoms with Gasteiger partial charge in [0, 0.05) is 5.02 Å². The van der Waals surface area contributed by atoms with E-state index in [1.54, 1.807) is 30.3 Å². The topological polar surface area (TPSA) is 58.6 Å². The van der Waals surface area contributed by atoms with Crippen LogP contribution in [0.1, 0.15) is 25.8 Å². The molecular formula is C20H19ClN2O3. The van der Waals surface area contributed by atoms with Gasteiger partial charge >= 0.3 is 6.03 Å². The second-order valence-corrected chi connectivity index (χ2v) is 6.45. The van der Waals surface area contributed by atoms with Crippen LogP contribution in [0.15, 0.2) is 54.2 Å². The molecule has 1 atom stereocenters. The third-order valence-corrected chi connectivity index (χ3v) is 4.28. The van der Waals surface area contributed by atoms with Crippen LogP contribution < -0.4 is 15.0 Å². The highest BCUT2D eigenvalue weighted by Crippen LogP contribution is 2.25. The van der Waals surface area contributed by atoms with Crippen molar-refractivity contribution in [2.45, 2.75) is 26.4 Å². The molecule has 0 aliphatic carbocycles. The zero-order chi connectivity index (χ0) is 18.7. The van der Waals surface area contributed by atoms with Gasteiger partial charge in [0.1, 0.15) is 11.4 Å². The van der Waals surface area contributed by atoms with E-state index in [1.807, 2.05) is 31.2 Å². The summed E-state index contributed by atoms with van der Waals surface area (Å²) in [5.74, 6) is 0.348. The van der Waals surface area contributed by atoms with Crippen LogP contribution in [0.2, 0.25) is 5.02 Å².